The van der Waals surface area contributed by atoms with E-state index in [-0.39, 0.29) is 18.0 Å². The van der Waals surface area contributed by atoms with Crippen molar-refractivity contribution in [1.29, 1.82) is 0 Å². The fraction of sp³-hybridized carbons (Fsp3) is 0.533. The molecule has 0 saturated carbocycles. The summed E-state index contributed by atoms with van der Waals surface area (Å²) >= 11 is 0. The van der Waals surface area contributed by atoms with Gasteiger partial charge in [-0.05, 0) is 43.9 Å². The molecule has 4 nitrogen and oxygen atoms in total. The minimum absolute atomic E-state index is 0.0289. The number of aryl methyl sites for hydroxylation is 1. The molecule has 0 aliphatic carbocycles. The zero-order chi connectivity index (χ0) is 13.2. The first-order valence-corrected chi connectivity index (χ1v) is 7.12. The van der Waals surface area contributed by atoms with Crippen LogP contribution in [0.25, 0.3) is 0 Å². The van der Waals surface area contributed by atoms with Crippen molar-refractivity contribution in [3.05, 3.63) is 29.8 Å². The molecule has 1 amide bonds. The van der Waals surface area contributed by atoms with Gasteiger partial charge in [-0.15, -0.1) is 0 Å². The van der Waals surface area contributed by atoms with Crippen molar-refractivity contribution in [2.75, 3.05) is 18.4 Å². The maximum absolute atomic E-state index is 12.4. The van der Waals surface area contributed by atoms with Crippen LogP contribution in [0.5, 0.6) is 0 Å². The quantitative estimate of drug-likeness (QED) is 0.800. The summed E-state index contributed by atoms with van der Waals surface area (Å²) in [4.78, 5) is 14.6. The number of piperidine rings is 1. The van der Waals surface area contributed by atoms with Crippen LogP contribution in [-0.2, 0) is 11.2 Å². The SMILES string of the molecule is N[C@@H]1CCCN(C2CCc3ccccc3NC2=O)C1. The first kappa shape index (κ1) is 12.6. The fourth-order valence-corrected chi connectivity index (χ4v) is 3.17. The number of hydrogen-bond donors (Lipinski definition) is 2. The van der Waals surface area contributed by atoms with Crippen molar-refractivity contribution >= 4 is 11.6 Å². The summed E-state index contributed by atoms with van der Waals surface area (Å²) in [5.74, 6) is 0.124. The number of nitrogens with one attached hydrogen (secondary N) is 1. The number of nitrogens with two attached hydrogens (primary N) is 1. The number of nitrogens with zero attached hydrogens (tertiary/aromatic N) is 1. The first-order chi connectivity index (χ1) is 9.24. The molecule has 1 unspecified atom stereocenters. The Balaban J connectivity index is 1.77. The molecule has 19 heavy (non-hydrogen) atoms. The van der Waals surface area contributed by atoms with Crippen LogP contribution in [-0.4, -0.2) is 36.0 Å². The summed E-state index contributed by atoms with van der Waals surface area (Å²) in [6.45, 7) is 1.83. The van der Waals surface area contributed by atoms with Gasteiger partial charge in [-0.25, -0.2) is 0 Å². The molecular weight excluding hydrogens is 238 g/mol. The van der Waals surface area contributed by atoms with Crippen LogP contribution >= 0.6 is 0 Å². The molecule has 1 fully saturated rings. The largest absolute Gasteiger partial charge is 0.327 e. The number of para-hydroxylation sites is 1. The Hall–Kier alpha value is -1.39. The molecule has 2 atom stereocenters. The number of rotatable bonds is 1. The molecule has 0 radical (unpaired) electrons. The van der Waals surface area contributed by atoms with E-state index < -0.39 is 0 Å². The lowest BCUT2D eigenvalue weighted by molar-refractivity contribution is -0.121. The molecule has 1 aromatic rings. The predicted molar refractivity (Wildman–Crippen MR) is 76.0 cm³/mol. The van der Waals surface area contributed by atoms with Crippen molar-refractivity contribution in [3.63, 3.8) is 0 Å². The molecule has 102 valence electrons. The van der Waals surface area contributed by atoms with Crippen molar-refractivity contribution in [2.45, 2.75) is 37.8 Å². The van der Waals surface area contributed by atoms with Crippen molar-refractivity contribution in [3.8, 4) is 0 Å². The van der Waals surface area contributed by atoms with Crippen LogP contribution in [0.1, 0.15) is 24.8 Å². The van der Waals surface area contributed by atoms with Crippen LogP contribution in [0, 0.1) is 0 Å². The normalized spacial score (nSPS) is 28.4. The van der Waals surface area contributed by atoms with Gasteiger partial charge in [-0.2, -0.15) is 0 Å². The summed E-state index contributed by atoms with van der Waals surface area (Å²) in [6, 6.07) is 8.27. The molecule has 2 heterocycles. The monoisotopic (exact) mass is 259 g/mol. The molecule has 1 saturated heterocycles. The number of carbonyl (C=O) groups excluding carboxylic acids is 1. The van der Waals surface area contributed by atoms with Crippen LogP contribution in [0.2, 0.25) is 0 Å². The smallest absolute Gasteiger partial charge is 0.241 e. The number of anilines is 1. The van der Waals surface area contributed by atoms with Crippen LogP contribution < -0.4 is 11.1 Å². The number of carbonyl (C=O) groups is 1. The molecule has 0 aromatic heterocycles. The third kappa shape index (κ3) is 2.65. The zero-order valence-corrected chi connectivity index (χ0v) is 11.1. The molecule has 4 heteroatoms. The maximum Gasteiger partial charge on any atom is 0.241 e. The molecular formula is C15H21N3O. The third-order valence-electron chi connectivity index (χ3n) is 4.20. The summed E-state index contributed by atoms with van der Waals surface area (Å²) in [6.07, 6.45) is 4.00. The second kappa shape index (κ2) is 5.31. The first-order valence-electron chi connectivity index (χ1n) is 7.12. The lowest BCUT2D eigenvalue weighted by Gasteiger charge is -2.35. The number of hydrogen-bond acceptors (Lipinski definition) is 3. The van der Waals surface area contributed by atoms with Gasteiger partial charge in [0.25, 0.3) is 0 Å². The second-order valence-corrected chi connectivity index (χ2v) is 5.60. The summed E-state index contributed by atoms with van der Waals surface area (Å²) in [5.41, 5.74) is 8.23. The fourth-order valence-electron chi connectivity index (χ4n) is 3.17. The number of benzene rings is 1. The molecule has 1 aromatic carbocycles. The highest BCUT2D eigenvalue weighted by Crippen LogP contribution is 2.25. The zero-order valence-electron chi connectivity index (χ0n) is 11.1. The van der Waals surface area contributed by atoms with Crippen molar-refractivity contribution in [2.24, 2.45) is 5.73 Å². The van der Waals surface area contributed by atoms with E-state index in [1.807, 2.05) is 18.2 Å². The van der Waals surface area contributed by atoms with Crippen LogP contribution in [0.4, 0.5) is 5.69 Å². The Morgan fingerprint density at radius 3 is 2.95 bits per heavy atom. The number of amides is 1. The van der Waals surface area contributed by atoms with E-state index in [0.29, 0.717) is 0 Å². The molecule has 0 spiro atoms. The molecule has 3 N–H and O–H groups in total. The maximum atomic E-state index is 12.4. The van der Waals surface area contributed by atoms with E-state index in [4.69, 9.17) is 5.73 Å². The van der Waals surface area contributed by atoms with E-state index in [2.05, 4.69) is 16.3 Å². The average molecular weight is 259 g/mol. The van der Waals surface area contributed by atoms with Gasteiger partial charge in [-0.3, -0.25) is 9.69 Å². The van der Waals surface area contributed by atoms with Gasteiger partial charge >= 0.3 is 0 Å². The average Bonchev–Trinajstić information content (AvgIpc) is 2.57. The Kier molecular flexibility index (Phi) is 3.53. The van der Waals surface area contributed by atoms with E-state index >= 15 is 0 Å². The molecule has 2 aliphatic rings. The van der Waals surface area contributed by atoms with Crippen molar-refractivity contribution in [1.82, 2.24) is 4.90 Å². The van der Waals surface area contributed by atoms with Gasteiger partial charge in [0.2, 0.25) is 5.91 Å². The lowest BCUT2D eigenvalue weighted by atomic mass is 10.0. The Morgan fingerprint density at radius 1 is 1.26 bits per heavy atom. The van der Waals surface area contributed by atoms with Crippen LogP contribution in [0.3, 0.4) is 0 Å². The summed E-state index contributed by atoms with van der Waals surface area (Å²) < 4.78 is 0. The highest BCUT2D eigenvalue weighted by atomic mass is 16.2. The van der Waals surface area contributed by atoms with Gasteiger partial charge in [0.05, 0.1) is 6.04 Å². The summed E-state index contributed by atoms with van der Waals surface area (Å²) in [5, 5.41) is 3.06. The summed E-state index contributed by atoms with van der Waals surface area (Å²) in [7, 11) is 0. The van der Waals surface area contributed by atoms with E-state index in [9.17, 15) is 4.79 Å². The lowest BCUT2D eigenvalue weighted by Crippen LogP contribution is -2.51. The van der Waals surface area contributed by atoms with Crippen molar-refractivity contribution < 1.29 is 4.79 Å². The molecule has 0 bridgehead atoms. The molecule has 2 aliphatic heterocycles. The Labute approximate surface area is 114 Å². The van der Waals surface area contributed by atoms with Gasteiger partial charge < -0.3 is 11.1 Å². The second-order valence-electron chi connectivity index (χ2n) is 5.60. The highest BCUT2D eigenvalue weighted by molar-refractivity contribution is 5.96. The van der Waals surface area contributed by atoms with Crippen LogP contribution in [0.15, 0.2) is 24.3 Å². The highest BCUT2D eigenvalue weighted by Gasteiger charge is 2.31. The van der Waals surface area contributed by atoms with E-state index in [1.165, 1.54) is 5.56 Å². The van der Waals surface area contributed by atoms with E-state index in [1.54, 1.807) is 0 Å². The number of fused-ring (bicyclic) bond motifs is 1. The van der Waals surface area contributed by atoms with E-state index in [0.717, 1.165) is 44.5 Å². The minimum Gasteiger partial charge on any atom is -0.327 e. The third-order valence-corrected chi connectivity index (χ3v) is 4.20. The van der Waals surface area contributed by atoms with Gasteiger partial charge in [-0.1, -0.05) is 18.2 Å². The predicted octanol–water partition coefficient (Wildman–Crippen LogP) is 1.36. The Bertz CT molecular complexity index is 474. The molecule has 3 rings (SSSR count). The standard InChI is InChI=1S/C15H21N3O/c16-12-5-3-9-18(10-12)14-8-7-11-4-1-2-6-13(11)17-15(14)19/h1-2,4,6,12,14H,3,5,7-10,16H2,(H,17,19)/t12-,14?/m1/s1. The topological polar surface area (TPSA) is 58.4 Å². The van der Waals surface area contributed by atoms with Gasteiger partial charge in [0.1, 0.15) is 0 Å². The number of likely N-dealkylation sites (tertiary alicyclic amines) is 1. The van der Waals surface area contributed by atoms with Gasteiger partial charge in [0.15, 0.2) is 0 Å². The Morgan fingerprint density at radius 2 is 2.11 bits per heavy atom. The van der Waals surface area contributed by atoms with Gasteiger partial charge in [0, 0.05) is 18.3 Å². The minimum atomic E-state index is -0.0289.